The molecule has 0 saturated heterocycles. The van der Waals surface area contributed by atoms with Crippen molar-refractivity contribution in [3.8, 4) is 11.5 Å². The van der Waals surface area contributed by atoms with Gasteiger partial charge >= 0.3 is 0 Å². The minimum Gasteiger partial charge on any atom is -0.486 e. The minimum absolute atomic E-state index is 0.204. The van der Waals surface area contributed by atoms with Gasteiger partial charge in [-0.05, 0) is 36.8 Å². The Balaban J connectivity index is 1.68. The van der Waals surface area contributed by atoms with Gasteiger partial charge in [0, 0.05) is 17.7 Å². The van der Waals surface area contributed by atoms with Crippen LogP contribution in [-0.4, -0.2) is 19.1 Å². The second-order valence-electron chi connectivity index (χ2n) is 5.76. The number of ether oxygens (including phenoxy) is 2. The number of hydrogen-bond donors (Lipinski definition) is 1. The second kappa shape index (κ2) is 7.74. The van der Waals surface area contributed by atoms with Gasteiger partial charge in [0.05, 0.1) is 11.1 Å². The summed E-state index contributed by atoms with van der Waals surface area (Å²) in [7, 11) is 0. The van der Waals surface area contributed by atoms with Gasteiger partial charge in [-0.25, -0.2) is 8.78 Å². The van der Waals surface area contributed by atoms with E-state index in [1.54, 1.807) is 25.1 Å². The maximum absolute atomic E-state index is 13.8. The number of carbonyl (C=O) groups excluding carboxylic acids is 1. The SMILES string of the molecule is C[C@H](NC(=O)/C=C/c1cc(Cl)c2c(c1)OCCO2)c1ccc(F)cc1F. The number of benzene rings is 2. The van der Waals surface area contributed by atoms with Crippen molar-refractivity contribution >= 4 is 23.6 Å². The lowest BCUT2D eigenvalue weighted by Crippen LogP contribution is -2.25. The van der Waals surface area contributed by atoms with Gasteiger partial charge in [-0.2, -0.15) is 0 Å². The number of hydrogen-bond acceptors (Lipinski definition) is 3. The first-order valence-electron chi connectivity index (χ1n) is 7.96. The molecule has 1 N–H and O–H groups in total. The Morgan fingerprint density at radius 3 is 2.77 bits per heavy atom. The number of halogens is 3. The van der Waals surface area contributed by atoms with Crippen LogP contribution >= 0.6 is 11.6 Å². The van der Waals surface area contributed by atoms with Gasteiger partial charge in [-0.15, -0.1) is 0 Å². The van der Waals surface area contributed by atoms with Gasteiger partial charge in [0.1, 0.15) is 24.8 Å². The maximum Gasteiger partial charge on any atom is 0.244 e. The van der Waals surface area contributed by atoms with Crippen molar-refractivity contribution < 1.29 is 23.0 Å². The van der Waals surface area contributed by atoms with Gasteiger partial charge in [0.15, 0.2) is 11.5 Å². The van der Waals surface area contributed by atoms with E-state index in [1.807, 2.05) is 0 Å². The number of fused-ring (bicyclic) bond motifs is 1. The highest BCUT2D eigenvalue weighted by molar-refractivity contribution is 6.32. The zero-order valence-electron chi connectivity index (χ0n) is 13.9. The summed E-state index contributed by atoms with van der Waals surface area (Å²) in [5.74, 6) is -0.793. The van der Waals surface area contributed by atoms with E-state index in [9.17, 15) is 13.6 Å². The largest absolute Gasteiger partial charge is 0.486 e. The zero-order chi connectivity index (χ0) is 18.7. The molecule has 0 radical (unpaired) electrons. The van der Waals surface area contributed by atoms with E-state index in [4.69, 9.17) is 21.1 Å². The van der Waals surface area contributed by atoms with E-state index < -0.39 is 23.6 Å². The lowest BCUT2D eigenvalue weighted by Gasteiger charge is -2.19. The first-order chi connectivity index (χ1) is 12.4. The molecule has 2 aromatic rings. The molecule has 2 aromatic carbocycles. The Hall–Kier alpha value is -2.60. The lowest BCUT2D eigenvalue weighted by atomic mass is 10.1. The van der Waals surface area contributed by atoms with E-state index in [1.165, 1.54) is 12.1 Å². The molecule has 0 spiro atoms. The van der Waals surface area contributed by atoms with Gasteiger partial charge in [-0.1, -0.05) is 17.7 Å². The third-order valence-electron chi connectivity index (χ3n) is 3.83. The van der Waals surface area contributed by atoms with Crippen molar-refractivity contribution in [1.29, 1.82) is 0 Å². The summed E-state index contributed by atoms with van der Waals surface area (Å²) in [5, 5.41) is 3.02. The summed E-state index contributed by atoms with van der Waals surface area (Å²) in [6, 6.07) is 5.99. The molecule has 4 nitrogen and oxygen atoms in total. The standard InChI is InChI=1S/C19H16ClF2NO3/c1-11(14-4-3-13(21)10-16(14)22)23-18(24)5-2-12-8-15(20)19-17(9-12)25-6-7-26-19/h2-5,8-11H,6-7H2,1H3,(H,23,24)/b5-2+/t11-/m0/s1. The molecule has 1 heterocycles. The van der Waals surface area contributed by atoms with Gasteiger partial charge < -0.3 is 14.8 Å². The summed E-state index contributed by atoms with van der Waals surface area (Å²) in [4.78, 5) is 12.1. The van der Waals surface area contributed by atoms with Gasteiger partial charge in [-0.3, -0.25) is 4.79 Å². The Labute approximate surface area is 154 Å². The molecule has 0 aromatic heterocycles. The van der Waals surface area contributed by atoms with Crippen LogP contribution in [-0.2, 0) is 4.79 Å². The molecule has 1 amide bonds. The van der Waals surface area contributed by atoms with Crippen LogP contribution in [0.4, 0.5) is 8.78 Å². The van der Waals surface area contributed by atoms with E-state index in [-0.39, 0.29) is 5.56 Å². The molecule has 7 heteroatoms. The molecular weight excluding hydrogens is 364 g/mol. The third kappa shape index (κ3) is 4.14. The number of rotatable bonds is 4. The second-order valence-corrected chi connectivity index (χ2v) is 6.16. The number of amides is 1. The van der Waals surface area contributed by atoms with Crippen LogP contribution in [0.15, 0.2) is 36.4 Å². The monoisotopic (exact) mass is 379 g/mol. The van der Waals surface area contributed by atoms with Crippen molar-refractivity contribution in [3.05, 3.63) is 64.2 Å². The van der Waals surface area contributed by atoms with Crippen LogP contribution in [0.1, 0.15) is 24.1 Å². The number of nitrogens with one attached hydrogen (secondary N) is 1. The molecule has 1 aliphatic rings. The van der Waals surface area contributed by atoms with Gasteiger partial charge in [0.25, 0.3) is 0 Å². The van der Waals surface area contributed by atoms with Crippen molar-refractivity contribution in [1.82, 2.24) is 5.32 Å². The Kier molecular flexibility index (Phi) is 5.42. The summed E-state index contributed by atoms with van der Waals surface area (Å²) in [6.07, 6.45) is 2.87. The normalized spacial score (nSPS) is 14.3. The average molecular weight is 380 g/mol. The first-order valence-corrected chi connectivity index (χ1v) is 8.34. The number of carbonyl (C=O) groups is 1. The predicted octanol–water partition coefficient (Wildman–Crippen LogP) is 4.28. The highest BCUT2D eigenvalue weighted by atomic mass is 35.5. The van der Waals surface area contributed by atoms with Crippen LogP contribution in [0.3, 0.4) is 0 Å². The van der Waals surface area contributed by atoms with E-state index in [0.29, 0.717) is 35.3 Å². The molecule has 136 valence electrons. The topological polar surface area (TPSA) is 47.6 Å². The van der Waals surface area contributed by atoms with Crippen LogP contribution in [0.5, 0.6) is 11.5 Å². The van der Waals surface area contributed by atoms with Crippen LogP contribution in [0.25, 0.3) is 6.08 Å². The van der Waals surface area contributed by atoms with Gasteiger partial charge in [0.2, 0.25) is 5.91 Å². The zero-order valence-corrected chi connectivity index (χ0v) is 14.6. The van der Waals surface area contributed by atoms with Crippen LogP contribution in [0.2, 0.25) is 5.02 Å². The highest BCUT2D eigenvalue weighted by Gasteiger charge is 2.16. The lowest BCUT2D eigenvalue weighted by molar-refractivity contribution is -0.117. The molecule has 1 atom stereocenters. The predicted molar refractivity (Wildman–Crippen MR) is 94.4 cm³/mol. The summed E-state index contributed by atoms with van der Waals surface area (Å²) < 4.78 is 37.6. The summed E-state index contributed by atoms with van der Waals surface area (Å²) in [5.41, 5.74) is 0.866. The quantitative estimate of drug-likeness (QED) is 0.806. The smallest absolute Gasteiger partial charge is 0.244 e. The fourth-order valence-electron chi connectivity index (χ4n) is 2.59. The minimum atomic E-state index is -0.708. The van der Waals surface area contributed by atoms with Crippen LogP contribution < -0.4 is 14.8 Å². The Morgan fingerprint density at radius 1 is 1.23 bits per heavy atom. The maximum atomic E-state index is 13.8. The molecule has 1 aliphatic heterocycles. The third-order valence-corrected chi connectivity index (χ3v) is 4.11. The fourth-order valence-corrected chi connectivity index (χ4v) is 2.86. The average Bonchev–Trinajstić information content (AvgIpc) is 2.60. The molecule has 0 aliphatic carbocycles. The molecular formula is C19H16ClF2NO3. The molecule has 0 fully saturated rings. The fraction of sp³-hybridized carbons (Fsp3) is 0.211. The van der Waals surface area contributed by atoms with Crippen LogP contribution in [0, 0.1) is 11.6 Å². The molecule has 0 saturated carbocycles. The molecule has 3 rings (SSSR count). The Morgan fingerprint density at radius 2 is 2.00 bits per heavy atom. The van der Waals surface area contributed by atoms with Crippen molar-refractivity contribution in [2.24, 2.45) is 0 Å². The van der Waals surface area contributed by atoms with Crippen molar-refractivity contribution in [2.75, 3.05) is 13.2 Å². The van der Waals surface area contributed by atoms with E-state index in [2.05, 4.69) is 5.32 Å². The first kappa shape index (κ1) is 18.2. The summed E-state index contributed by atoms with van der Waals surface area (Å²) in [6.45, 7) is 2.48. The van der Waals surface area contributed by atoms with Crippen molar-refractivity contribution in [3.63, 3.8) is 0 Å². The molecule has 0 bridgehead atoms. The van der Waals surface area contributed by atoms with E-state index >= 15 is 0 Å². The highest BCUT2D eigenvalue weighted by Crippen LogP contribution is 2.38. The molecule has 26 heavy (non-hydrogen) atoms. The van der Waals surface area contributed by atoms with E-state index in [0.717, 1.165) is 12.1 Å². The Bertz CT molecular complexity index is 870. The van der Waals surface area contributed by atoms with Crippen molar-refractivity contribution in [2.45, 2.75) is 13.0 Å². The summed E-state index contributed by atoms with van der Waals surface area (Å²) >= 11 is 6.15. The molecule has 0 unspecified atom stereocenters.